The van der Waals surface area contributed by atoms with Crippen LogP contribution >= 0.6 is 0 Å². The molecule has 0 bridgehead atoms. The van der Waals surface area contributed by atoms with Crippen LogP contribution in [0.3, 0.4) is 0 Å². The van der Waals surface area contributed by atoms with Gasteiger partial charge in [0.15, 0.2) is 0 Å². The van der Waals surface area contributed by atoms with Crippen LogP contribution in [0.5, 0.6) is 0 Å². The van der Waals surface area contributed by atoms with Crippen molar-refractivity contribution in [2.75, 3.05) is 25.1 Å². The summed E-state index contributed by atoms with van der Waals surface area (Å²) >= 11 is 0. The second-order valence-electron chi connectivity index (χ2n) is 4.90. The van der Waals surface area contributed by atoms with E-state index < -0.39 is 25.9 Å². The summed E-state index contributed by atoms with van der Waals surface area (Å²) in [6, 6.07) is 5.87. The molecule has 0 heterocycles. The summed E-state index contributed by atoms with van der Waals surface area (Å²) in [5, 5.41) is 0. The van der Waals surface area contributed by atoms with Gasteiger partial charge in [-0.25, -0.2) is 25.9 Å². The van der Waals surface area contributed by atoms with E-state index in [1.165, 1.54) is 18.2 Å². The van der Waals surface area contributed by atoms with Gasteiger partial charge in [0, 0.05) is 25.2 Å². The van der Waals surface area contributed by atoms with E-state index in [0.29, 0.717) is 6.42 Å². The quantitative estimate of drug-likeness (QED) is 0.716. The van der Waals surface area contributed by atoms with Crippen molar-refractivity contribution in [3.63, 3.8) is 0 Å². The van der Waals surface area contributed by atoms with E-state index in [2.05, 4.69) is 4.72 Å². The highest BCUT2D eigenvalue weighted by Gasteiger charge is 2.19. The fourth-order valence-electron chi connectivity index (χ4n) is 1.85. The summed E-state index contributed by atoms with van der Waals surface area (Å²) in [5.74, 6) is -0.512. The van der Waals surface area contributed by atoms with E-state index in [4.69, 9.17) is 0 Å². The molecule has 0 aliphatic rings. The molecule has 6 nitrogen and oxygen atoms in total. The zero-order chi connectivity index (χ0) is 16.8. The van der Waals surface area contributed by atoms with Crippen molar-refractivity contribution in [2.24, 2.45) is 0 Å². The van der Waals surface area contributed by atoms with Crippen molar-refractivity contribution >= 4 is 20.0 Å². The molecular weight excluding hydrogens is 331 g/mol. The normalized spacial score (nSPS) is 12.7. The number of nitrogens with one attached hydrogen (secondary N) is 1. The number of rotatable bonds is 9. The third kappa shape index (κ3) is 6.39. The van der Waals surface area contributed by atoms with Crippen molar-refractivity contribution < 1.29 is 21.2 Å². The van der Waals surface area contributed by atoms with Gasteiger partial charge in [-0.2, -0.15) is 4.31 Å². The van der Waals surface area contributed by atoms with Gasteiger partial charge < -0.3 is 0 Å². The van der Waals surface area contributed by atoms with E-state index in [-0.39, 0.29) is 31.0 Å². The molecule has 0 aliphatic carbocycles. The van der Waals surface area contributed by atoms with E-state index in [1.54, 1.807) is 13.0 Å². The summed E-state index contributed by atoms with van der Waals surface area (Å²) in [5.41, 5.74) is 0.240. The van der Waals surface area contributed by atoms with Gasteiger partial charge >= 0.3 is 0 Å². The molecule has 9 heteroatoms. The lowest BCUT2D eigenvalue weighted by Crippen LogP contribution is -2.38. The number of hydrogen-bond acceptors (Lipinski definition) is 4. The van der Waals surface area contributed by atoms with Gasteiger partial charge in [-0.05, 0) is 12.5 Å². The van der Waals surface area contributed by atoms with Crippen LogP contribution in [-0.2, 0) is 26.6 Å². The van der Waals surface area contributed by atoms with Crippen LogP contribution < -0.4 is 4.72 Å². The monoisotopic (exact) mass is 352 g/mol. The van der Waals surface area contributed by atoms with Crippen molar-refractivity contribution in [1.82, 2.24) is 9.03 Å². The number of hydrogen-bond donors (Lipinski definition) is 1. The van der Waals surface area contributed by atoms with Gasteiger partial charge in [-0.3, -0.25) is 0 Å². The number of nitrogens with zero attached hydrogens (tertiary/aromatic N) is 1. The van der Waals surface area contributed by atoms with Gasteiger partial charge in [-0.1, -0.05) is 25.1 Å². The molecule has 0 saturated heterocycles. The van der Waals surface area contributed by atoms with E-state index in [9.17, 15) is 21.2 Å². The highest BCUT2D eigenvalue weighted by Crippen LogP contribution is 2.12. The summed E-state index contributed by atoms with van der Waals surface area (Å²) < 4.78 is 63.6. The molecular formula is C13H21FN2O4S2. The predicted octanol–water partition coefficient (Wildman–Crippen LogP) is 0.917. The van der Waals surface area contributed by atoms with Crippen LogP contribution in [0.25, 0.3) is 0 Å². The standard InChI is InChI=1S/C13H21FN2O4S2/c1-3-10-22(19,20)15-8-9-16(21(2,17)18)11-12-6-4-5-7-13(12)14/h4-7,15H,3,8-11H2,1-2H3. The minimum absolute atomic E-state index is 0.0147. The molecule has 1 aromatic carbocycles. The second kappa shape index (κ2) is 8.00. The Balaban J connectivity index is 2.74. The van der Waals surface area contributed by atoms with Crippen LogP contribution in [0, 0.1) is 5.82 Å². The Kier molecular flexibility index (Phi) is 6.92. The molecule has 0 unspecified atom stereocenters. The van der Waals surface area contributed by atoms with Crippen LogP contribution in [0.1, 0.15) is 18.9 Å². The van der Waals surface area contributed by atoms with Crippen molar-refractivity contribution in [3.05, 3.63) is 35.6 Å². The molecule has 0 radical (unpaired) electrons. The fourth-order valence-corrected chi connectivity index (χ4v) is 3.73. The first-order valence-corrected chi connectivity index (χ1v) is 10.3. The topological polar surface area (TPSA) is 83.6 Å². The Morgan fingerprint density at radius 3 is 2.36 bits per heavy atom. The van der Waals surface area contributed by atoms with Gasteiger partial charge in [0.2, 0.25) is 20.0 Å². The van der Waals surface area contributed by atoms with Gasteiger partial charge in [0.25, 0.3) is 0 Å². The summed E-state index contributed by atoms with van der Waals surface area (Å²) in [4.78, 5) is 0. The largest absolute Gasteiger partial charge is 0.214 e. The van der Waals surface area contributed by atoms with Crippen LogP contribution in [0.15, 0.2) is 24.3 Å². The molecule has 0 aliphatic heterocycles. The molecule has 0 spiro atoms. The molecule has 1 aromatic rings. The molecule has 0 saturated carbocycles. The smallest absolute Gasteiger partial charge is 0.211 e. The predicted molar refractivity (Wildman–Crippen MR) is 83.7 cm³/mol. The summed E-state index contributed by atoms with van der Waals surface area (Å²) in [6.07, 6.45) is 1.48. The molecule has 0 fully saturated rings. The zero-order valence-electron chi connectivity index (χ0n) is 12.6. The molecule has 22 heavy (non-hydrogen) atoms. The molecule has 1 rings (SSSR count). The fraction of sp³-hybridized carbons (Fsp3) is 0.538. The van der Waals surface area contributed by atoms with E-state index in [0.717, 1.165) is 10.6 Å². The molecule has 0 amide bonds. The van der Waals surface area contributed by atoms with E-state index >= 15 is 0 Å². The maximum atomic E-state index is 13.6. The lowest BCUT2D eigenvalue weighted by molar-refractivity contribution is 0.404. The average Bonchev–Trinajstić information content (AvgIpc) is 2.38. The molecule has 0 atom stereocenters. The summed E-state index contributed by atoms with van der Waals surface area (Å²) in [6.45, 7) is 1.49. The van der Waals surface area contributed by atoms with Gasteiger partial charge in [0.05, 0.1) is 12.0 Å². The van der Waals surface area contributed by atoms with Crippen LogP contribution in [-0.4, -0.2) is 46.2 Å². The molecule has 126 valence electrons. The Morgan fingerprint density at radius 2 is 1.82 bits per heavy atom. The third-order valence-corrected chi connectivity index (χ3v) is 5.77. The van der Waals surface area contributed by atoms with Crippen molar-refractivity contribution in [1.29, 1.82) is 0 Å². The maximum Gasteiger partial charge on any atom is 0.211 e. The van der Waals surface area contributed by atoms with Crippen LogP contribution in [0.4, 0.5) is 4.39 Å². The number of halogens is 1. The Labute approximate surface area is 131 Å². The van der Waals surface area contributed by atoms with Gasteiger partial charge in [0.1, 0.15) is 5.82 Å². The second-order valence-corrected chi connectivity index (χ2v) is 8.81. The highest BCUT2D eigenvalue weighted by molar-refractivity contribution is 7.89. The lowest BCUT2D eigenvalue weighted by atomic mass is 10.2. The minimum Gasteiger partial charge on any atom is -0.214 e. The maximum absolute atomic E-state index is 13.6. The number of benzene rings is 1. The zero-order valence-corrected chi connectivity index (χ0v) is 14.3. The Bertz CT molecular complexity index is 690. The Morgan fingerprint density at radius 1 is 1.18 bits per heavy atom. The average molecular weight is 352 g/mol. The van der Waals surface area contributed by atoms with Crippen molar-refractivity contribution in [2.45, 2.75) is 19.9 Å². The Hall–Kier alpha value is -1.03. The minimum atomic E-state index is -3.58. The first-order chi connectivity index (χ1) is 10.2. The third-order valence-electron chi connectivity index (χ3n) is 2.93. The number of sulfonamides is 2. The molecule has 0 aromatic heterocycles. The first-order valence-electron chi connectivity index (χ1n) is 6.81. The van der Waals surface area contributed by atoms with Crippen LogP contribution in [0.2, 0.25) is 0 Å². The molecule has 1 N–H and O–H groups in total. The summed E-state index contributed by atoms with van der Waals surface area (Å²) in [7, 11) is -6.98. The van der Waals surface area contributed by atoms with Crippen molar-refractivity contribution in [3.8, 4) is 0 Å². The highest BCUT2D eigenvalue weighted by atomic mass is 32.2. The van der Waals surface area contributed by atoms with E-state index in [1.807, 2.05) is 0 Å². The SMILES string of the molecule is CCCS(=O)(=O)NCCN(Cc1ccccc1F)S(C)(=O)=O. The lowest BCUT2D eigenvalue weighted by Gasteiger charge is -2.20. The van der Waals surface area contributed by atoms with Gasteiger partial charge in [-0.15, -0.1) is 0 Å². The first kappa shape index (κ1) is 19.0.